The fourth-order valence-electron chi connectivity index (χ4n) is 2.44. The van der Waals surface area contributed by atoms with Gasteiger partial charge in [0.05, 0.1) is 17.9 Å². The van der Waals surface area contributed by atoms with E-state index in [4.69, 9.17) is 21.7 Å². The molecule has 158 valence electrons. The van der Waals surface area contributed by atoms with E-state index in [1.165, 1.54) is 0 Å². The Morgan fingerprint density at radius 1 is 1.07 bits per heavy atom. The molecule has 8 heteroatoms. The lowest BCUT2D eigenvalue weighted by Gasteiger charge is -2.13. The molecule has 0 heterocycles. The van der Waals surface area contributed by atoms with E-state index in [1.54, 1.807) is 54.6 Å². The summed E-state index contributed by atoms with van der Waals surface area (Å²) < 4.78 is 10.7. The van der Waals surface area contributed by atoms with Crippen molar-refractivity contribution in [2.24, 2.45) is 0 Å². The summed E-state index contributed by atoms with van der Waals surface area (Å²) in [5.41, 5.74) is 1.32. The van der Waals surface area contributed by atoms with E-state index in [-0.39, 0.29) is 16.9 Å². The molecule has 0 saturated carbocycles. The van der Waals surface area contributed by atoms with Gasteiger partial charge in [0.15, 0.2) is 5.11 Å². The summed E-state index contributed by atoms with van der Waals surface area (Å²) in [6.07, 6.45) is 1.59. The van der Waals surface area contributed by atoms with Gasteiger partial charge in [0.2, 0.25) is 0 Å². The molecule has 0 bridgehead atoms. The summed E-state index contributed by atoms with van der Waals surface area (Å²) >= 11 is 5.22. The molecule has 2 aromatic carbocycles. The van der Waals surface area contributed by atoms with Gasteiger partial charge in [-0.25, -0.2) is 0 Å². The summed E-state index contributed by atoms with van der Waals surface area (Å²) in [4.78, 5) is 24.7. The molecule has 0 aliphatic carbocycles. The van der Waals surface area contributed by atoms with E-state index in [0.717, 1.165) is 0 Å². The number of benzene rings is 2. The van der Waals surface area contributed by atoms with Crippen molar-refractivity contribution in [2.45, 2.75) is 6.92 Å². The minimum absolute atomic E-state index is 0.0843. The fraction of sp³-hybridized carbons (Fsp3) is 0.227. The lowest BCUT2D eigenvalue weighted by molar-refractivity contribution is 0.0956. The summed E-state index contributed by atoms with van der Waals surface area (Å²) in [6.45, 7) is 7.42. The molecule has 0 aliphatic rings. The first-order chi connectivity index (χ1) is 14.5. The SMILES string of the molecule is C=CCNC(=O)c1ccccc1NC(=S)NC(=O)c1ccc(OCCOCC)cc1. The van der Waals surface area contributed by atoms with Gasteiger partial charge in [-0.15, -0.1) is 6.58 Å². The van der Waals surface area contributed by atoms with Gasteiger partial charge in [-0.2, -0.15) is 0 Å². The molecule has 2 amide bonds. The lowest BCUT2D eigenvalue weighted by Crippen LogP contribution is -2.35. The second-order valence-corrected chi connectivity index (χ2v) is 6.43. The number of anilines is 1. The Morgan fingerprint density at radius 2 is 1.80 bits per heavy atom. The third kappa shape index (κ3) is 7.31. The molecule has 0 fully saturated rings. The van der Waals surface area contributed by atoms with E-state index in [0.29, 0.717) is 48.9 Å². The van der Waals surface area contributed by atoms with Gasteiger partial charge >= 0.3 is 0 Å². The molecule has 7 nitrogen and oxygen atoms in total. The van der Waals surface area contributed by atoms with Crippen molar-refractivity contribution in [1.82, 2.24) is 10.6 Å². The van der Waals surface area contributed by atoms with Crippen molar-refractivity contribution < 1.29 is 19.1 Å². The van der Waals surface area contributed by atoms with E-state index in [1.807, 2.05) is 6.92 Å². The standard InChI is InChI=1S/C22H25N3O4S/c1-3-13-23-21(27)18-7-5-6-8-19(18)24-22(30)25-20(26)16-9-11-17(12-10-16)29-15-14-28-4-2/h3,5-12H,1,4,13-15H2,2H3,(H,23,27)(H2,24,25,26,30). The first kappa shape index (κ1) is 23.1. The van der Waals surface area contributed by atoms with Crippen LogP contribution in [0.2, 0.25) is 0 Å². The molecule has 3 N–H and O–H groups in total. The molecular formula is C22H25N3O4S. The van der Waals surface area contributed by atoms with Crippen LogP contribution in [0.3, 0.4) is 0 Å². The smallest absolute Gasteiger partial charge is 0.257 e. The first-order valence-electron chi connectivity index (χ1n) is 9.46. The Morgan fingerprint density at radius 3 is 2.50 bits per heavy atom. The van der Waals surface area contributed by atoms with Gasteiger partial charge in [-0.3, -0.25) is 14.9 Å². The van der Waals surface area contributed by atoms with Gasteiger partial charge in [-0.1, -0.05) is 18.2 Å². The van der Waals surface area contributed by atoms with Crippen LogP contribution in [0.1, 0.15) is 27.6 Å². The molecular weight excluding hydrogens is 402 g/mol. The summed E-state index contributed by atoms with van der Waals surface area (Å²) in [6, 6.07) is 13.6. The summed E-state index contributed by atoms with van der Waals surface area (Å²) in [5, 5.41) is 8.29. The van der Waals surface area contributed by atoms with Crippen LogP contribution in [0.15, 0.2) is 61.2 Å². The number of ether oxygens (including phenoxy) is 2. The summed E-state index contributed by atoms with van der Waals surface area (Å²) in [7, 11) is 0. The number of amides is 2. The molecule has 0 aliphatic heterocycles. The molecule has 0 aromatic heterocycles. The number of thiocarbonyl (C=S) groups is 1. The number of nitrogens with one attached hydrogen (secondary N) is 3. The molecule has 0 saturated heterocycles. The molecule has 2 aromatic rings. The number of carbonyl (C=O) groups is 2. The Labute approximate surface area is 181 Å². The normalized spacial score (nSPS) is 10.0. The molecule has 0 atom stereocenters. The fourth-order valence-corrected chi connectivity index (χ4v) is 2.65. The van der Waals surface area contributed by atoms with Gasteiger partial charge in [-0.05, 0) is 55.5 Å². The van der Waals surface area contributed by atoms with Crippen LogP contribution in [0.5, 0.6) is 5.75 Å². The Kier molecular flexibility index (Phi) is 9.50. The highest BCUT2D eigenvalue weighted by Crippen LogP contribution is 2.15. The second-order valence-electron chi connectivity index (χ2n) is 6.02. The van der Waals surface area contributed by atoms with Crippen LogP contribution in [0.25, 0.3) is 0 Å². The van der Waals surface area contributed by atoms with Crippen LogP contribution >= 0.6 is 12.2 Å². The largest absolute Gasteiger partial charge is 0.491 e. The highest BCUT2D eigenvalue weighted by Gasteiger charge is 2.13. The van der Waals surface area contributed by atoms with Crippen molar-refractivity contribution in [2.75, 3.05) is 31.7 Å². The molecule has 2 rings (SSSR count). The van der Waals surface area contributed by atoms with E-state index >= 15 is 0 Å². The second kappa shape index (κ2) is 12.4. The Hall–Kier alpha value is -3.23. The van der Waals surface area contributed by atoms with Crippen LogP contribution in [-0.2, 0) is 4.74 Å². The third-order valence-electron chi connectivity index (χ3n) is 3.87. The van der Waals surface area contributed by atoms with Crippen molar-refractivity contribution in [1.29, 1.82) is 0 Å². The van der Waals surface area contributed by atoms with Crippen molar-refractivity contribution >= 4 is 34.8 Å². The van der Waals surface area contributed by atoms with E-state index in [9.17, 15) is 9.59 Å². The topological polar surface area (TPSA) is 88.7 Å². The first-order valence-corrected chi connectivity index (χ1v) is 9.87. The average molecular weight is 428 g/mol. The zero-order chi connectivity index (χ0) is 21.8. The van der Waals surface area contributed by atoms with E-state index in [2.05, 4.69) is 22.5 Å². The van der Waals surface area contributed by atoms with Crippen LogP contribution < -0.4 is 20.7 Å². The highest BCUT2D eigenvalue weighted by molar-refractivity contribution is 7.80. The molecule has 0 spiro atoms. The van der Waals surface area contributed by atoms with Gasteiger partial charge in [0.1, 0.15) is 12.4 Å². The van der Waals surface area contributed by atoms with Gasteiger partial charge in [0, 0.05) is 18.7 Å². The number of para-hydroxylation sites is 1. The Bertz CT molecular complexity index is 884. The van der Waals surface area contributed by atoms with Crippen LogP contribution in [0.4, 0.5) is 5.69 Å². The molecule has 0 radical (unpaired) electrons. The van der Waals surface area contributed by atoms with Crippen molar-refractivity contribution in [3.05, 3.63) is 72.3 Å². The van der Waals surface area contributed by atoms with E-state index < -0.39 is 0 Å². The summed E-state index contributed by atoms with van der Waals surface area (Å²) in [5.74, 6) is 0.000395. The van der Waals surface area contributed by atoms with Gasteiger partial charge < -0.3 is 20.1 Å². The average Bonchev–Trinajstić information content (AvgIpc) is 2.75. The van der Waals surface area contributed by atoms with Crippen LogP contribution in [-0.4, -0.2) is 43.3 Å². The van der Waals surface area contributed by atoms with Crippen molar-refractivity contribution in [3.8, 4) is 5.75 Å². The number of hydrogen-bond acceptors (Lipinski definition) is 5. The minimum Gasteiger partial charge on any atom is -0.491 e. The lowest BCUT2D eigenvalue weighted by atomic mass is 10.1. The third-order valence-corrected chi connectivity index (χ3v) is 4.08. The molecule has 30 heavy (non-hydrogen) atoms. The maximum Gasteiger partial charge on any atom is 0.257 e. The quantitative estimate of drug-likeness (QED) is 0.307. The molecule has 0 unspecified atom stereocenters. The monoisotopic (exact) mass is 427 g/mol. The Balaban J connectivity index is 1.93. The predicted molar refractivity (Wildman–Crippen MR) is 121 cm³/mol. The maximum absolute atomic E-state index is 12.4. The van der Waals surface area contributed by atoms with Crippen molar-refractivity contribution in [3.63, 3.8) is 0 Å². The minimum atomic E-state index is -0.373. The number of rotatable bonds is 10. The number of carbonyl (C=O) groups excluding carboxylic acids is 2. The zero-order valence-electron chi connectivity index (χ0n) is 16.8. The maximum atomic E-state index is 12.4. The zero-order valence-corrected chi connectivity index (χ0v) is 17.6. The van der Waals surface area contributed by atoms with Crippen LogP contribution in [0, 0.1) is 0 Å². The van der Waals surface area contributed by atoms with Gasteiger partial charge in [0.25, 0.3) is 11.8 Å². The highest BCUT2D eigenvalue weighted by atomic mass is 32.1. The predicted octanol–water partition coefficient (Wildman–Crippen LogP) is 3.14. The number of hydrogen-bond donors (Lipinski definition) is 3.